The third kappa shape index (κ3) is 8.52. The van der Waals surface area contributed by atoms with Gasteiger partial charge >= 0.3 is 0 Å². The average Bonchev–Trinajstić information content (AvgIpc) is 3.69. The SMILES string of the molecule is Cl.Cl.Cl.Cl.c1ccc(CN2CCN(Cc3c4c(c(CN5CCN(Cc6ccccc6)CC5)c5c3CCC5)CCC4)CC2)cc1. The van der Waals surface area contributed by atoms with Gasteiger partial charge in [0.25, 0.3) is 0 Å². The molecule has 4 aliphatic rings. The maximum absolute atomic E-state index is 2.76. The van der Waals surface area contributed by atoms with E-state index in [2.05, 4.69) is 80.3 Å². The van der Waals surface area contributed by atoms with E-state index in [4.69, 9.17) is 0 Å². The van der Waals surface area contributed by atoms with Crippen LogP contribution in [0.15, 0.2) is 60.7 Å². The van der Waals surface area contributed by atoms with Gasteiger partial charge < -0.3 is 0 Å². The molecule has 0 saturated carbocycles. The molecule has 0 radical (unpaired) electrons. The minimum atomic E-state index is 0. The molecule has 0 atom stereocenters. The van der Waals surface area contributed by atoms with Gasteiger partial charge in [-0.25, -0.2) is 0 Å². The minimum absolute atomic E-state index is 0. The monoisotopic (exact) mass is 678 g/mol. The molecule has 7 rings (SSSR count). The van der Waals surface area contributed by atoms with Crippen LogP contribution in [-0.4, -0.2) is 72.0 Å². The molecule has 4 nitrogen and oxygen atoms in total. The summed E-state index contributed by atoms with van der Waals surface area (Å²) >= 11 is 0. The Morgan fingerprint density at radius 1 is 0.364 bits per heavy atom. The number of piperazine rings is 2. The van der Waals surface area contributed by atoms with E-state index in [1.165, 1.54) is 115 Å². The van der Waals surface area contributed by atoms with Crippen molar-refractivity contribution >= 4 is 49.6 Å². The van der Waals surface area contributed by atoms with Crippen molar-refractivity contribution < 1.29 is 0 Å². The van der Waals surface area contributed by atoms with Gasteiger partial charge in [-0.1, -0.05) is 60.7 Å². The Hall–Kier alpha value is -1.34. The van der Waals surface area contributed by atoms with Crippen LogP contribution in [0.5, 0.6) is 0 Å². The summed E-state index contributed by atoms with van der Waals surface area (Å²) in [5, 5.41) is 0. The lowest BCUT2D eigenvalue weighted by Gasteiger charge is -2.37. The molecule has 2 heterocycles. The number of hydrogen-bond donors (Lipinski definition) is 0. The van der Waals surface area contributed by atoms with Crippen LogP contribution in [-0.2, 0) is 51.9 Å². The highest BCUT2D eigenvalue weighted by Gasteiger charge is 2.31. The Balaban J connectivity index is 0.00000132. The van der Waals surface area contributed by atoms with Gasteiger partial charge in [-0.3, -0.25) is 19.6 Å². The Morgan fingerprint density at radius 3 is 0.932 bits per heavy atom. The highest BCUT2D eigenvalue weighted by atomic mass is 35.5. The van der Waals surface area contributed by atoms with Crippen LogP contribution in [0.4, 0.5) is 0 Å². The van der Waals surface area contributed by atoms with Crippen molar-refractivity contribution in [1.82, 2.24) is 19.6 Å². The Bertz CT molecular complexity index is 1160. The van der Waals surface area contributed by atoms with E-state index >= 15 is 0 Å². The second-order valence-corrected chi connectivity index (χ2v) is 12.7. The summed E-state index contributed by atoms with van der Waals surface area (Å²) < 4.78 is 0. The quantitative estimate of drug-likeness (QED) is 0.255. The molecule has 0 bridgehead atoms. The van der Waals surface area contributed by atoms with E-state index in [1.54, 1.807) is 33.4 Å². The summed E-state index contributed by atoms with van der Waals surface area (Å²) in [5.41, 5.74) is 13.5. The number of hydrogen-bond acceptors (Lipinski definition) is 4. The fourth-order valence-corrected chi connectivity index (χ4v) is 7.91. The van der Waals surface area contributed by atoms with E-state index in [-0.39, 0.29) is 49.6 Å². The Labute approximate surface area is 290 Å². The smallest absolute Gasteiger partial charge is 0.0240 e. The predicted octanol–water partition coefficient (Wildman–Crippen LogP) is 6.99. The first kappa shape index (κ1) is 37.1. The molecule has 0 aromatic heterocycles. The van der Waals surface area contributed by atoms with Gasteiger partial charge in [-0.2, -0.15) is 0 Å². The van der Waals surface area contributed by atoms with Crippen molar-refractivity contribution in [1.29, 1.82) is 0 Å². The van der Waals surface area contributed by atoms with Gasteiger partial charge in [0.15, 0.2) is 0 Å². The van der Waals surface area contributed by atoms with Gasteiger partial charge in [0.2, 0.25) is 0 Å². The number of benzene rings is 3. The van der Waals surface area contributed by atoms with Crippen molar-refractivity contribution in [3.63, 3.8) is 0 Å². The molecule has 0 unspecified atom stereocenters. The number of rotatable bonds is 8. The van der Waals surface area contributed by atoms with Gasteiger partial charge in [0.1, 0.15) is 0 Å². The fourth-order valence-electron chi connectivity index (χ4n) is 7.91. The first-order chi connectivity index (χ1) is 19.8. The first-order valence-corrected chi connectivity index (χ1v) is 15.9. The van der Waals surface area contributed by atoms with Crippen LogP contribution in [0.1, 0.15) is 57.3 Å². The van der Waals surface area contributed by atoms with Gasteiger partial charge in [0.05, 0.1) is 0 Å². The summed E-state index contributed by atoms with van der Waals surface area (Å²) in [6, 6.07) is 22.0. The van der Waals surface area contributed by atoms with Gasteiger partial charge in [-0.15, -0.1) is 49.6 Å². The topological polar surface area (TPSA) is 13.0 Å². The Kier molecular flexibility index (Phi) is 14.8. The molecular weight excluding hydrogens is 630 g/mol. The average molecular weight is 681 g/mol. The normalized spacial score (nSPS) is 18.7. The van der Waals surface area contributed by atoms with E-state index in [9.17, 15) is 0 Å². The van der Waals surface area contributed by atoms with Crippen molar-refractivity contribution in [2.45, 2.75) is 64.7 Å². The van der Waals surface area contributed by atoms with Gasteiger partial charge in [0, 0.05) is 78.5 Å². The zero-order valence-electron chi connectivity index (χ0n) is 25.9. The molecular formula is C36H50Cl4N4. The molecule has 0 amide bonds. The molecule has 8 heteroatoms. The molecule has 0 spiro atoms. The van der Waals surface area contributed by atoms with Crippen LogP contribution < -0.4 is 0 Å². The third-order valence-corrected chi connectivity index (χ3v) is 10.1. The molecule has 3 aromatic carbocycles. The van der Waals surface area contributed by atoms with Crippen LogP contribution in [0.25, 0.3) is 0 Å². The summed E-state index contributed by atoms with van der Waals surface area (Å²) in [5.74, 6) is 0. The summed E-state index contributed by atoms with van der Waals surface area (Å²) in [6.45, 7) is 14.1. The second-order valence-electron chi connectivity index (χ2n) is 12.7. The molecule has 242 valence electrons. The van der Waals surface area contributed by atoms with Crippen LogP contribution in [0.3, 0.4) is 0 Å². The van der Waals surface area contributed by atoms with Crippen LogP contribution >= 0.6 is 49.6 Å². The second kappa shape index (κ2) is 17.5. The van der Waals surface area contributed by atoms with Crippen LogP contribution in [0.2, 0.25) is 0 Å². The van der Waals surface area contributed by atoms with Crippen molar-refractivity contribution in [3.8, 4) is 0 Å². The first-order valence-electron chi connectivity index (χ1n) is 15.9. The molecule has 3 aromatic rings. The largest absolute Gasteiger partial charge is 0.297 e. The van der Waals surface area contributed by atoms with Crippen molar-refractivity contribution in [2.75, 3.05) is 52.4 Å². The summed E-state index contributed by atoms with van der Waals surface area (Å²) in [6.07, 6.45) is 7.95. The van der Waals surface area contributed by atoms with Gasteiger partial charge in [-0.05, 0) is 83.0 Å². The van der Waals surface area contributed by atoms with E-state index in [0.717, 1.165) is 13.1 Å². The van der Waals surface area contributed by atoms with Crippen molar-refractivity contribution in [3.05, 3.63) is 105 Å². The summed E-state index contributed by atoms with van der Waals surface area (Å²) in [7, 11) is 0. The van der Waals surface area contributed by atoms with E-state index < -0.39 is 0 Å². The Morgan fingerprint density at radius 2 is 0.636 bits per heavy atom. The molecule has 2 saturated heterocycles. The van der Waals surface area contributed by atoms with Crippen LogP contribution in [0, 0.1) is 0 Å². The lowest BCUT2D eigenvalue weighted by Crippen LogP contribution is -2.46. The number of fused-ring (bicyclic) bond motifs is 2. The molecule has 2 aliphatic heterocycles. The lowest BCUT2D eigenvalue weighted by atomic mass is 9.88. The number of halogens is 4. The highest BCUT2D eigenvalue weighted by molar-refractivity contribution is 5.86. The molecule has 0 N–H and O–H groups in total. The predicted molar refractivity (Wildman–Crippen MR) is 193 cm³/mol. The zero-order chi connectivity index (χ0) is 26.7. The number of nitrogens with zero attached hydrogens (tertiary/aromatic N) is 4. The molecule has 2 aliphatic carbocycles. The molecule has 2 fully saturated rings. The van der Waals surface area contributed by atoms with E-state index in [0.29, 0.717) is 0 Å². The zero-order valence-corrected chi connectivity index (χ0v) is 29.2. The minimum Gasteiger partial charge on any atom is -0.297 e. The van der Waals surface area contributed by atoms with Crippen molar-refractivity contribution in [2.24, 2.45) is 0 Å². The fraction of sp³-hybridized carbons (Fsp3) is 0.500. The van der Waals surface area contributed by atoms with E-state index in [1.807, 2.05) is 0 Å². The highest BCUT2D eigenvalue weighted by Crippen LogP contribution is 2.40. The molecule has 44 heavy (non-hydrogen) atoms. The maximum atomic E-state index is 2.76. The maximum Gasteiger partial charge on any atom is 0.0240 e. The standard InChI is InChI=1S/C36H46N4.4ClH/c1-3-9-29(10-4-1)25-37-17-21-39(22-18-37)27-35-31-13-7-15-33(31)36(34-16-8-14-32(34)35)28-40-23-19-38(20-24-40)26-30-11-5-2-6-12-30;;;;/h1-6,9-12H,7-8,13-28H2;4*1H. The summed E-state index contributed by atoms with van der Waals surface area (Å²) in [4.78, 5) is 10.8. The third-order valence-electron chi connectivity index (χ3n) is 10.1. The lowest BCUT2D eigenvalue weighted by molar-refractivity contribution is 0.120.